The minimum absolute atomic E-state index is 0.0399. The average Bonchev–Trinajstić information content (AvgIpc) is 2.77. The van der Waals surface area contributed by atoms with Gasteiger partial charge in [-0.3, -0.25) is 9.69 Å². The third-order valence-electron chi connectivity index (χ3n) is 2.65. The molecule has 0 spiro atoms. The number of hydrogen-bond acceptors (Lipinski definition) is 5. The Labute approximate surface area is 103 Å². The number of amides is 1. The van der Waals surface area contributed by atoms with Crippen molar-refractivity contribution in [1.29, 1.82) is 5.26 Å². The van der Waals surface area contributed by atoms with Gasteiger partial charge in [0.25, 0.3) is 0 Å². The zero-order valence-electron chi connectivity index (χ0n) is 9.39. The van der Waals surface area contributed by atoms with Gasteiger partial charge in [0.05, 0.1) is 0 Å². The van der Waals surface area contributed by atoms with E-state index in [4.69, 9.17) is 10.8 Å². The normalized spacial score (nSPS) is 18.3. The number of rotatable bonds is 3. The van der Waals surface area contributed by atoms with Gasteiger partial charge in [0.2, 0.25) is 5.91 Å². The van der Waals surface area contributed by atoms with Crippen LogP contribution in [-0.2, 0) is 4.79 Å². The van der Waals surface area contributed by atoms with Crippen molar-refractivity contribution < 1.29 is 4.79 Å². The summed E-state index contributed by atoms with van der Waals surface area (Å²) in [5.74, 6) is 0.0977. The molecule has 18 heavy (non-hydrogen) atoms. The molecular weight excluding hydrogens is 234 g/mol. The lowest BCUT2D eigenvalue weighted by Crippen LogP contribution is -2.27. The van der Waals surface area contributed by atoms with Gasteiger partial charge in [-0.2, -0.15) is 5.26 Å². The van der Waals surface area contributed by atoms with Crippen molar-refractivity contribution in [3.63, 3.8) is 0 Å². The Balaban J connectivity index is 2.22. The molecule has 8 nitrogen and oxygen atoms in total. The van der Waals surface area contributed by atoms with Crippen LogP contribution in [0.2, 0.25) is 0 Å². The number of azide groups is 1. The van der Waals surface area contributed by atoms with Gasteiger partial charge in [-0.1, -0.05) is 5.11 Å². The lowest BCUT2D eigenvalue weighted by molar-refractivity contribution is -0.117. The van der Waals surface area contributed by atoms with Gasteiger partial charge in [-0.15, -0.1) is 0 Å². The summed E-state index contributed by atoms with van der Waals surface area (Å²) in [6, 6.07) is 1.90. The smallest absolute Gasteiger partial charge is 0.228 e. The number of aromatic nitrogens is 2. The Morgan fingerprint density at radius 1 is 1.61 bits per heavy atom. The fourth-order valence-corrected chi connectivity index (χ4v) is 1.87. The fourth-order valence-electron chi connectivity index (χ4n) is 1.87. The lowest BCUT2D eigenvalue weighted by Gasteiger charge is -2.15. The predicted octanol–water partition coefficient (Wildman–Crippen LogP) is 1.01. The largest absolute Gasteiger partial charge is 0.294 e. The molecule has 0 aromatic carbocycles. The second-order valence-corrected chi connectivity index (χ2v) is 3.83. The molecule has 8 heteroatoms. The van der Waals surface area contributed by atoms with Gasteiger partial charge in [0, 0.05) is 36.8 Å². The number of hydrogen-bond donors (Lipinski definition) is 0. The van der Waals surface area contributed by atoms with Gasteiger partial charge >= 0.3 is 0 Å². The first-order chi connectivity index (χ1) is 8.76. The van der Waals surface area contributed by atoms with E-state index < -0.39 is 0 Å². The molecule has 0 N–H and O–H groups in total. The average molecular weight is 243 g/mol. The standard InChI is InChI=1S/C10H9N7O/c11-4-8-10(14-2-1-13-8)17-6-7(3-9(17)18)5-15-16-12/h1-2,7H,3,5-6H2. The summed E-state index contributed by atoms with van der Waals surface area (Å²) in [5.41, 5.74) is 8.37. The number of anilines is 1. The van der Waals surface area contributed by atoms with E-state index in [1.807, 2.05) is 6.07 Å². The highest BCUT2D eigenvalue weighted by Crippen LogP contribution is 2.25. The van der Waals surface area contributed by atoms with Crippen LogP contribution in [0.1, 0.15) is 12.1 Å². The third kappa shape index (κ3) is 2.21. The molecule has 1 fully saturated rings. The van der Waals surface area contributed by atoms with Gasteiger partial charge < -0.3 is 0 Å². The molecule has 0 bridgehead atoms. The Morgan fingerprint density at radius 2 is 2.39 bits per heavy atom. The van der Waals surface area contributed by atoms with Gasteiger partial charge in [-0.05, 0) is 11.4 Å². The molecule has 1 unspecified atom stereocenters. The van der Waals surface area contributed by atoms with E-state index in [0.29, 0.717) is 13.0 Å². The monoisotopic (exact) mass is 243 g/mol. The van der Waals surface area contributed by atoms with E-state index in [2.05, 4.69) is 20.0 Å². The summed E-state index contributed by atoms with van der Waals surface area (Å²) < 4.78 is 0. The first-order valence-corrected chi connectivity index (χ1v) is 5.28. The molecule has 1 atom stereocenters. The maximum absolute atomic E-state index is 11.8. The summed E-state index contributed by atoms with van der Waals surface area (Å²) in [4.78, 5) is 23.8. The third-order valence-corrected chi connectivity index (χ3v) is 2.65. The second kappa shape index (κ2) is 5.12. The number of carbonyl (C=O) groups excluding carboxylic acids is 1. The van der Waals surface area contributed by atoms with Crippen molar-refractivity contribution in [3.8, 4) is 6.07 Å². The molecule has 0 saturated carbocycles. The Kier molecular flexibility index (Phi) is 3.36. The highest BCUT2D eigenvalue weighted by Gasteiger charge is 2.32. The first-order valence-electron chi connectivity index (χ1n) is 5.28. The SMILES string of the molecule is N#Cc1nccnc1N1CC(CN=[N+]=[N-])CC1=O. The van der Waals surface area contributed by atoms with E-state index in [0.717, 1.165) is 0 Å². The highest BCUT2D eigenvalue weighted by molar-refractivity contribution is 5.95. The zero-order valence-corrected chi connectivity index (χ0v) is 9.39. The molecule has 1 aliphatic rings. The summed E-state index contributed by atoms with van der Waals surface area (Å²) >= 11 is 0. The predicted molar refractivity (Wildman–Crippen MR) is 61.2 cm³/mol. The van der Waals surface area contributed by atoms with Gasteiger partial charge in [0.1, 0.15) is 6.07 Å². The van der Waals surface area contributed by atoms with Gasteiger partial charge in [-0.25, -0.2) is 9.97 Å². The maximum atomic E-state index is 11.8. The van der Waals surface area contributed by atoms with Crippen LogP contribution in [0, 0.1) is 17.2 Å². The van der Waals surface area contributed by atoms with Crippen LogP contribution < -0.4 is 4.90 Å². The molecule has 1 amide bonds. The summed E-state index contributed by atoms with van der Waals surface area (Å²) in [6.45, 7) is 0.659. The quantitative estimate of drug-likeness (QED) is 0.447. The molecule has 90 valence electrons. The lowest BCUT2D eigenvalue weighted by atomic mass is 10.1. The molecule has 1 aliphatic heterocycles. The molecule has 1 saturated heterocycles. The van der Waals surface area contributed by atoms with Crippen LogP contribution in [0.25, 0.3) is 10.4 Å². The van der Waals surface area contributed by atoms with Crippen molar-refractivity contribution in [3.05, 3.63) is 28.5 Å². The number of nitrogens with zero attached hydrogens (tertiary/aromatic N) is 7. The fraction of sp³-hybridized carbons (Fsp3) is 0.400. The van der Waals surface area contributed by atoms with Crippen molar-refractivity contribution in [1.82, 2.24) is 9.97 Å². The first kappa shape index (κ1) is 11.8. The van der Waals surface area contributed by atoms with E-state index in [1.54, 1.807) is 0 Å². The van der Waals surface area contributed by atoms with E-state index >= 15 is 0 Å². The van der Waals surface area contributed by atoms with Crippen LogP contribution in [0.4, 0.5) is 5.82 Å². The van der Waals surface area contributed by atoms with E-state index in [9.17, 15) is 4.79 Å². The number of carbonyl (C=O) groups is 1. The van der Waals surface area contributed by atoms with Crippen molar-refractivity contribution >= 4 is 11.7 Å². The molecular formula is C10H9N7O. The van der Waals surface area contributed by atoms with Crippen LogP contribution in [0.5, 0.6) is 0 Å². The van der Waals surface area contributed by atoms with Crippen LogP contribution in [0.15, 0.2) is 17.5 Å². The molecule has 0 radical (unpaired) electrons. The number of nitriles is 1. The Morgan fingerprint density at radius 3 is 3.11 bits per heavy atom. The molecule has 2 rings (SSSR count). The van der Waals surface area contributed by atoms with Crippen molar-refractivity contribution in [2.24, 2.45) is 11.0 Å². The Hall–Kier alpha value is -2.65. The zero-order chi connectivity index (χ0) is 13.0. The highest BCUT2D eigenvalue weighted by atomic mass is 16.2. The van der Waals surface area contributed by atoms with E-state index in [1.165, 1.54) is 17.3 Å². The second-order valence-electron chi connectivity index (χ2n) is 3.83. The topological polar surface area (TPSA) is 119 Å². The van der Waals surface area contributed by atoms with Gasteiger partial charge in [0.15, 0.2) is 11.5 Å². The summed E-state index contributed by atoms with van der Waals surface area (Å²) in [6.07, 6.45) is 3.13. The van der Waals surface area contributed by atoms with E-state index in [-0.39, 0.29) is 29.9 Å². The maximum Gasteiger partial charge on any atom is 0.228 e. The van der Waals surface area contributed by atoms with Crippen molar-refractivity contribution in [2.45, 2.75) is 6.42 Å². The molecule has 1 aromatic rings. The molecule has 0 aliphatic carbocycles. The van der Waals surface area contributed by atoms with Crippen LogP contribution in [0.3, 0.4) is 0 Å². The molecule has 1 aromatic heterocycles. The van der Waals surface area contributed by atoms with Crippen LogP contribution in [-0.4, -0.2) is 29.0 Å². The van der Waals surface area contributed by atoms with Crippen LogP contribution >= 0.6 is 0 Å². The van der Waals surface area contributed by atoms with Crippen molar-refractivity contribution in [2.75, 3.05) is 18.0 Å². The summed E-state index contributed by atoms with van der Waals surface area (Å²) in [7, 11) is 0. The summed E-state index contributed by atoms with van der Waals surface area (Å²) in [5, 5.41) is 12.4. The molecule has 2 heterocycles. The minimum atomic E-state index is -0.134. The minimum Gasteiger partial charge on any atom is -0.294 e. The Bertz CT molecular complexity index is 558.